The van der Waals surface area contributed by atoms with E-state index in [2.05, 4.69) is 0 Å². The van der Waals surface area contributed by atoms with E-state index in [4.69, 9.17) is 9.15 Å². The maximum atomic E-state index is 12.3. The molecule has 0 saturated carbocycles. The Hall–Kier alpha value is -3.74. The third-order valence-electron chi connectivity index (χ3n) is 4.79. The zero-order valence-corrected chi connectivity index (χ0v) is 15.6. The smallest absolute Gasteiger partial charge is 0.336 e. The van der Waals surface area contributed by atoms with Crippen molar-refractivity contribution in [3.63, 3.8) is 0 Å². The first kappa shape index (κ1) is 18.6. The molecule has 1 aliphatic heterocycles. The molecule has 2 amide bonds. The van der Waals surface area contributed by atoms with Gasteiger partial charge >= 0.3 is 11.6 Å². The van der Waals surface area contributed by atoms with Crippen LogP contribution in [0.3, 0.4) is 0 Å². The van der Waals surface area contributed by atoms with E-state index in [1.807, 2.05) is 13.0 Å². The lowest BCUT2D eigenvalue weighted by Gasteiger charge is -2.13. The van der Waals surface area contributed by atoms with Crippen molar-refractivity contribution in [2.75, 3.05) is 6.54 Å². The largest absolute Gasteiger partial charge is 0.461 e. The normalized spacial score (nSPS) is 13.1. The van der Waals surface area contributed by atoms with E-state index in [0.717, 1.165) is 10.5 Å². The lowest BCUT2D eigenvalue weighted by molar-refractivity contribution is -0.145. The summed E-state index contributed by atoms with van der Waals surface area (Å²) in [4.78, 5) is 49.6. The highest BCUT2D eigenvalue weighted by molar-refractivity contribution is 6.21. The number of rotatable bonds is 5. The maximum Gasteiger partial charge on any atom is 0.336 e. The van der Waals surface area contributed by atoms with Gasteiger partial charge < -0.3 is 9.15 Å². The second-order valence-electron chi connectivity index (χ2n) is 6.81. The van der Waals surface area contributed by atoms with Crippen molar-refractivity contribution in [3.05, 3.63) is 81.2 Å². The second kappa shape index (κ2) is 7.35. The fraction of sp³-hybridized carbons (Fsp3) is 0.182. The van der Waals surface area contributed by atoms with Crippen molar-refractivity contribution < 1.29 is 23.5 Å². The summed E-state index contributed by atoms with van der Waals surface area (Å²) in [5.74, 6) is -1.41. The van der Waals surface area contributed by atoms with Crippen LogP contribution in [0, 0.1) is 6.92 Å². The van der Waals surface area contributed by atoms with Crippen molar-refractivity contribution in [3.8, 4) is 0 Å². The van der Waals surface area contributed by atoms with E-state index in [0.29, 0.717) is 27.7 Å². The van der Waals surface area contributed by atoms with Gasteiger partial charge in [-0.15, -0.1) is 0 Å². The van der Waals surface area contributed by atoms with Gasteiger partial charge in [0.2, 0.25) is 0 Å². The molecule has 0 aliphatic carbocycles. The van der Waals surface area contributed by atoms with Crippen LogP contribution in [0.25, 0.3) is 11.0 Å². The summed E-state index contributed by atoms with van der Waals surface area (Å²) in [7, 11) is 0. The predicted molar refractivity (Wildman–Crippen MR) is 103 cm³/mol. The topological polar surface area (TPSA) is 93.9 Å². The summed E-state index contributed by atoms with van der Waals surface area (Å²) < 4.78 is 10.4. The summed E-state index contributed by atoms with van der Waals surface area (Å²) in [5.41, 5.74) is 2.04. The van der Waals surface area contributed by atoms with Gasteiger partial charge in [-0.3, -0.25) is 19.3 Å². The Balaban J connectivity index is 1.41. The molecule has 1 aromatic heterocycles. The molecular weight excluding hydrogens is 374 g/mol. The van der Waals surface area contributed by atoms with Crippen LogP contribution in [-0.2, 0) is 16.1 Å². The van der Waals surface area contributed by atoms with Gasteiger partial charge in [0.15, 0.2) is 0 Å². The quantitative estimate of drug-likeness (QED) is 0.377. The van der Waals surface area contributed by atoms with Crippen molar-refractivity contribution >= 4 is 28.8 Å². The Kier molecular flexibility index (Phi) is 4.72. The molecular formula is C22H17NO6. The minimum Gasteiger partial charge on any atom is -0.461 e. The van der Waals surface area contributed by atoms with E-state index in [-0.39, 0.29) is 19.6 Å². The van der Waals surface area contributed by atoms with Crippen LogP contribution in [0.4, 0.5) is 0 Å². The maximum absolute atomic E-state index is 12.3. The summed E-state index contributed by atoms with van der Waals surface area (Å²) in [5, 5.41) is 0.684. The number of amides is 2. The number of hydrogen-bond acceptors (Lipinski definition) is 6. The number of ether oxygens (including phenoxy) is 1. The van der Waals surface area contributed by atoms with Crippen LogP contribution in [0.15, 0.2) is 57.7 Å². The Morgan fingerprint density at radius 2 is 1.69 bits per heavy atom. The third kappa shape index (κ3) is 3.54. The summed E-state index contributed by atoms with van der Waals surface area (Å²) in [6.07, 6.45) is -0.135. The molecule has 0 saturated heterocycles. The molecule has 2 aromatic carbocycles. The number of carbonyl (C=O) groups excluding carboxylic acids is 3. The molecule has 1 aliphatic rings. The summed E-state index contributed by atoms with van der Waals surface area (Å²) >= 11 is 0. The van der Waals surface area contributed by atoms with Crippen molar-refractivity contribution in [1.82, 2.24) is 4.90 Å². The zero-order chi connectivity index (χ0) is 20.5. The molecule has 29 heavy (non-hydrogen) atoms. The van der Waals surface area contributed by atoms with Crippen LogP contribution < -0.4 is 5.63 Å². The fourth-order valence-corrected chi connectivity index (χ4v) is 3.33. The number of imide groups is 1. The molecule has 0 N–H and O–H groups in total. The predicted octanol–water partition coefficient (Wildman–Crippen LogP) is 2.83. The number of carbonyl (C=O) groups is 3. The van der Waals surface area contributed by atoms with Gasteiger partial charge in [0, 0.05) is 23.6 Å². The number of fused-ring (bicyclic) bond motifs is 2. The highest BCUT2D eigenvalue weighted by Gasteiger charge is 2.35. The third-order valence-corrected chi connectivity index (χ3v) is 4.79. The van der Waals surface area contributed by atoms with Crippen LogP contribution in [-0.4, -0.2) is 29.2 Å². The molecule has 0 unspecified atom stereocenters. The minimum absolute atomic E-state index is 0.0674. The Labute approximate surface area is 165 Å². The minimum atomic E-state index is -0.574. The standard InChI is InChI=1S/C22H17NO6/c1-13-6-7-15-14(11-20(25)29-18(15)10-13)12-28-19(24)8-9-23-21(26)16-4-2-3-5-17(16)22(23)27/h2-7,10-11H,8-9,12H2,1H3. The van der Waals surface area contributed by atoms with Crippen molar-refractivity contribution in [2.45, 2.75) is 20.0 Å². The lowest BCUT2D eigenvalue weighted by Crippen LogP contribution is -2.32. The van der Waals surface area contributed by atoms with Crippen molar-refractivity contribution in [1.29, 1.82) is 0 Å². The Morgan fingerprint density at radius 3 is 2.38 bits per heavy atom. The summed E-state index contributed by atoms with van der Waals surface area (Å²) in [6, 6.07) is 13.2. The van der Waals surface area contributed by atoms with Crippen LogP contribution >= 0.6 is 0 Å². The monoisotopic (exact) mass is 391 g/mol. The molecule has 4 rings (SSSR count). The first-order valence-corrected chi connectivity index (χ1v) is 9.08. The zero-order valence-electron chi connectivity index (χ0n) is 15.6. The SMILES string of the molecule is Cc1ccc2c(COC(=O)CCN3C(=O)c4ccccc4C3=O)cc(=O)oc2c1. The second-order valence-corrected chi connectivity index (χ2v) is 6.81. The van der Waals surface area contributed by atoms with Gasteiger partial charge in [0.05, 0.1) is 17.5 Å². The molecule has 7 heteroatoms. The molecule has 0 radical (unpaired) electrons. The number of benzene rings is 2. The van der Waals surface area contributed by atoms with Gasteiger partial charge in [-0.1, -0.05) is 24.3 Å². The van der Waals surface area contributed by atoms with Crippen LogP contribution in [0.5, 0.6) is 0 Å². The van der Waals surface area contributed by atoms with Crippen molar-refractivity contribution in [2.24, 2.45) is 0 Å². The Bertz CT molecular complexity index is 1170. The molecule has 0 spiro atoms. The molecule has 0 fully saturated rings. The molecule has 0 atom stereocenters. The summed E-state index contributed by atoms with van der Waals surface area (Å²) in [6.45, 7) is 1.71. The molecule has 0 bridgehead atoms. The number of nitrogens with zero attached hydrogens (tertiary/aromatic N) is 1. The first-order valence-electron chi connectivity index (χ1n) is 9.08. The van der Waals surface area contributed by atoms with Crippen LogP contribution in [0.1, 0.15) is 38.3 Å². The van der Waals surface area contributed by atoms with Gasteiger partial charge in [0.1, 0.15) is 12.2 Å². The molecule has 7 nitrogen and oxygen atoms in total. The van der Waals surface area contributed by atoms with Gasteiger partial charge in [-0.05, 0) is 30.7 Å². The lowest BCUT2D eigenvalue weighted by atomic mass is 10.1. The number of hydrogen-bond donors (Lipinski definition) is 0. The number of esters is 1. The van der Waals surface area contributed by atoms with Gasteiger partial charge in [-0.2, -0.15) is 0 Å². The highest BCUT2D eigenvalue weighted by atomic mass is 16.5. The fourth-order valence-electron chi connectivity index (χ4n) is 3.33. The van der Waals surface area contributed by atoms with Gasteiger partial charge in [0.25, 0.3) is 11.8 Å². The average molecular weight is 391 g/mol. The van der Waals surface area contributed by atoms with E-state index < -0.39 is 23.4 Å². The van der Waals surface area contributed by atoms with E-state index in [1.54, 1.807) is 36.4 Å². The highest BCUT2D eigenvalue weighted by Crippen LogP contribution is 2.23. The molecule has 146 valence electrons. The van der Waals surface area contributed by atoms with Crippen LogP contribution in [0.2, 0.25) is 0 Å². The Morgan fingerprint density at radius 1 is 1.00 bits per heavy atom. The molecule has 2 heterocycles. The number of aryl methyl sites for hydroxylation is 1. The first-order chi connectivity index (χ1) is 13.9. The van der Waals surface area contributed by atoms with E-state index in [1.165, 1.54) is 6.07 Å². The average Bonchev–Trinajstić information content (AvgIpc) is 2.94. The van der Waals surface area contributed by atoms with Gasteiger partial charge in [-0.25, -0.2) is 4.79 Å². The van der Waals surface area contributed by atoms with E-state index >= 15 is 0 Å². The molecule has 3 aromatic rings. The van der Waals surface area contributed by atoms with E-state index in [9.17, 15) is 19.2 Å².